The highest BCUT2D eigenvalue weighted by Crippen LogP contribution is 2.36. The highest BCUT2D eigenvalue weighted by Gasteiger charge is 2.27. The van der Waals surface area contributed by atoms with Crippen LogP contribution in [0.4, 0.5) is 0 Å². The van der Waals surface area contributed by atoms with Crippen molar-refractivity contribution in [3.05, 3.63) is 29.6 Å². The molecule has 1 aliphatic rings. The number of aromatic nitrogens is 1. The molecular weight excluding hydrogens is 196 g/mol. The van der Waals surface area contributed by atoms with E-state index in [9.17, 15) is 0 Å². The topological polar surface area (TPSA) is 24.9 Å². The van der Waals surface area contributed by atoms with Gasteiger partial charge in [-0.2, -0.15) is 0 Å². The molecule has 2 rings (SSSR count). The normalized spacial score (nSPS) is 18.9. The van der Waals surface area contributed by atoms with E-state index < -0.39 is 0 Å². The van der Waals surface area contributed by atoms with Crippen LogP contribution in [-0.4, -0.2) is 11.5 Å². The molecule has 2 heteroatoms. The lowest BCUT2D eigenvalue weighted by Gasteiger charge is -2.23. The van der Waals surface area contributed by atoms with Crippen molar-refractivity contribution in [3.63, 3.8) is 0 Å². The molecule has 1 aromatic heterocycles. The van der Waals surface area contributed by atoms with Gasteiger partial charge in [-0.1, -0.05) is 25.8 Å². The van der Waals surface area contributed by atoms with Gasteiger partial charge in [-0.3, -0.25) is 4.98 Å². The summed E-state index contributed by atoms with van der Waals surface area (Å²) in [6, 6.07) is 2.21. The van der Waals surface area contributed by atoms with Crippen molar-refractivity contribution in [2.45, 2.75) is 46.1 Å². The summed E-state index contributed by atoms with van der Waals surface area (Å²) >= 11 is 0. The summed E-state index contributed by atoms with van der Waals surface area (Å²) in [6.07, 6.45) is 9.44. The standard InChI is InChI=1S/C14H22N2/c1-12-7-13(9-15-8-12)10-16-11-14(2)5-3-4-6-14/h7-9,16H,3-6,10-11H2,1-2H3. The Morgan fingerprint density at radius 1 is 1.31 bits per heavy atom. The zero-order chi connectivity index (χ0) is 11.4. The van der Waals surface area contributed by atoms with Gasteiger partial charge in [0, 0.05) is 25.5 Å². The highest BCUT2D eigenvalue weighted by molar-refractivity contribution is 5.16. The van der Waals surface area contributed by atoms with Crippen molar-refractivity contribution in [2.75, 3.05) is 6.54 Å². The Morgan fingerprint density at radius 3 is 2.75 bits per heavy atom. The van der Waals surface area contributed by atoms with Gasteiger partial charge in [-0.05, 0) is 36.3 Å². The summed E-state index contributed by atoms with van der Waals surface area (Å²) in [5.74, 6) is 0. The van der Waals surface area contributed by atoms with Gasteiger partial charge < -0.3 is 5.32 Å². The summed E-state index contributed by atoms with van der Waals surface area (Å²) in [5, 5.41) is 3.57. The molecule has 0 aromatic carbocycles. The van der Waals surface area contributed by atoms with E-state index in [1.165, 1.54) is 36.8 Å². The molecule has 0 aliphatic heterocycles. The Labute approximate surface area is 98.5 Å². The SMILES string of the molecule is Cc1cncc(CNCC2(C)CCCC2)c1. The van der Waals surface area contributed by atoms with Gasteiger partial charge in [0.2, 0.25) is 0 Å². The first-order valence-corrected chi connectivity index (χ1v) is 6.29. The lowest BCUT2D eigenvalue weighted by molar-refractivity contribution is 0.314. The molecule has 1 fully saturated rings. The van der Waals surface area contributed by atoms with Gasteiger partial charge >= 0.3 is 0 Å². The third kappa shape index (κ3) is 3.05. The minimum atomic E-state index is 0.539. The van der Waals surface area contributed by atoms with Crippen LogP contribution in [0.3, 0.4) is 0 Å². The van der Waals surface area contributed by atoms with Gasteiger partial charge in [0.05, 0.1) is 0 Å². The van der Waals surface area contributed by atoms with Crippen LogP contribution in [0.5, 0.6) is 0 Å². The smallest absolute Gasteiger partial charge is 0.0313 e. The second-order valence-corrected chi connectivity index (χ2v) is 5.49. The van der Waals surface area contributed by atoms with Gasteiger partial charge in [0.15, 0.2) is 0 Å². The van der Waals surface area contributed by atoms with Crippen molar-refractivity contribution >= 4 is 0 Å². The molecule has 0 atom stereocenters. The van der Waals surface area contributed by atoms with Crippen LogP contribution in [0.25, 0.3) is 0 Å². The van der Waals surface area contributed by atoms with E-state index >= 15 is 0 Å². The molecule has 1 saturated carbocycles. The Morgan fingerprint density at radius 2 is 2.06 bits per heavy atom. The number of rotatable bonds is 4. The molecule has 1 N–H and O–H groups in total. The monoisotopic (exact) mass is 218 g/mol. The molecule has 0 radical (unpaired) electrons. The van der Waals surface area contributed by atoms with Crippen LogP contribution < -0.4 is 5.32 Å². The van der Waals surface area contributed by atoms with Gasteiger partial charge in [-0.15, -0.1) is 0 Å². The molecule has 2 nitrogen and oxygen atoms in total. The highest BCUT2D eigenvalue weighted by atomic mass is 14.9. The summed E-state index contributed by atoms with van der Waals surface area (Å²) in [6.45, 7) is 6.58. The fourth-order valence-electron chi connectivity index (χ4n) is 2.63. The zero-order valence-corrected chi connectivity index (χ0v) is 10.4. The first-order valence-electron chi connectivity index (χ1n) is 6.29. The van der Waals surface area contributed by atoms with E-state index in [4.69, 9.17) is 0 Å². The Kier molecular flexibility index (Phi) is 3.59. The molecule has 1 heterocycles. The van der Waals surface area contributed by atoms with Crippen LogP contribution >= 0.6 is 0 Å². The molecule has 1 aromatic rings. The number of nitrogens with zero attached hydrogens (tertiary/aromatic N) is 1. The largest absolute Gasteiger partial charge is 0.312 e. The van der Waals surface area contributed by atoms with Crippen molar-refractivity contribution in [1.82, 2.24) is 10.3 Å². The summed E-state index contributed by atoms with van der Waals surface area (Å²) in [4.78, 5) is 4.21. The Balaban J connectivity index is 1.79. The number of hydrogen-bond donors (Lipinski definition) is 1. The second kappa shape index (κ2) is 4.96. The maximum atomic E-state index is 4.21. The zero-order valence-electron chi connectivity index (χ0n) is 10.4. The van der Waals surface area contributed by atoms with Crippen molar-refractivity contribution < 1.29 is 0 Å². The molecule has 0 amide bonds. The number of hydrogen-bond acceptors (Lipinski definition) is 2. The molecule has 0 saturated heterocycles. The first-order chi connectivity index (χ1) is 7.68. The van der Waals surface area contributed by atoms with Crippen LogP contribution in [0.1, 0.15) is 43.7 Å². The molecule has 16 heavy (non-hydrogen) atoms. The van der Waals surface area contributed by atoms with E-state index in [1.54, 1.807) is 0 Å². The molecule has 0 bridgehead atoms. The molecule has 88 valence electrons. The van der Waals surface area contributed by atoms with E-state index in [0.29, 0.717) is 5.41 Å². The molecule has 0 unspecified atom stereocenters. The second-order valence-electron chi connectivity index (χ2n) is 5.49. The minimum absolute atomic E-state index is 0.539. The van der Waals surface area contributed by atoms with E-state index in [-0.39, 0.29) is 0 Å². The predicted octanol–water partition coefficient (Wildman–Crippen LogP) is 3.06. The molecule has 1 aliphatic carbocycles. The van der Waals surface area contributed by atoms with E-state index in [1.807, 2.05) is 12.4 Å². The molecular formula is C14H22N2. The summed E-state index contributed by atoms with van der Waals surface area (Å²) in [5.41, 5.74) is 3.07. The van der Waals surface area contributed by atoms with E-state index in [2.05, 4.69) is 30.2 Å². The lowest BCUT2D eigenvalue weighted by Crippen LogP contribution is -2.29. The maximum Gasteiger partial charge on any atom is 0.0313 e. The van der Waals surface area contributed by atoms with Crippen LogP contribution in [0.15, 0.2) is 18.5 Å². The Hall–Kier alpha value is -0.890. The van der Waals surface area contributed by atoms with Gasteiger partial charge in [0.1, 0.15) is 0 Å². The Bertz CT molecular complexity index is 340. The first kappa shape index (κ1) is 11.6. The van der Waals surface area contributed by atoms with Crippen LogP contribution in [0.2, 0.25) is 0 Å². The van der Waals surface area contributed by atoms with Crippen LogP contribution in [0, 0.1) is 12.3 Å². The minimum Gasteiger partial charge on any atom is -0.312 e. The average Bonchev–Trinajstić information content (AvgIpc) is 2.65. The van der Waals surface area contributed by atoms with Crippen molar-refractivity contribution in [2.24, 2.45) is 5.41 Å². The van der Waals surface area contributed by atoms with Gasteiger partial charge in [0.25, 0.3) is 0 Å². The number of nitrogens with one attached hydrogen (secondary N) is 1. The maximum absolute atomic E-state index is 4.21. The fraction of sp³-hybridized carbons (Fsp3) is 0.643. The quantitative estimate of drug-likeness (QED) is 0.840. The lowest BCUT2D eigenvalue weighted by atomic mass is 9.89. The molecule has 0 spiro atoms. The van der Waals surface area contributed by atoms with Crippen molar-refractivity contribution in [3.8, 4) is 0 Å². The average molecular weight is 218 g/mol. The number of pyridine rings is 1. The van der Waals surface area contributed by atoms with Crippen LogP contribution in [-0.2, 0) is 6.54 Å². The van der Waals surface area contributed by atoms with E-state index in [0.717, 1.165) is 13.1 Å². The summed E-state index contributed by atoms with van der Waals surface area (Å²) in [7, 11) is 0. The van der Waals surface area contributed by atoms with Gasteiger partial charge in [-0.25, -0.2) is 0 Å². The predicted molar refractivity (Wildman–Crippen MR) is 67.3 cm³/mol. The van der Waals surface area contributed by atoms with Crippen molar-refractivity contribution in [1.29, 1.82) is 0 Å². The third-order valence-corrected chi connectivity index (χ3v) is 3.62. The summed E-state index contributed by atoms with van der Waals surface area (Å²) < 4.78 is 0. The number of aryl methyl sites for hydroxylation is 1. The third-order valence-electron chi connectivity index (χ3n) is 3.62. The fourth-order valence-corrected chi connectivity index (χ4v) is 2.63.